The van der Waals surface area contributed by atoms with Crippen LogP contribution in [0.4, 0.5) is 10.1 Å². The summed E-state index contributed by atoms with van der Waals surface area (Å²) in [6.45, 7) is 8.25. The van der Waals surface area contributed by atoms with Crippen molar-refractivity contribution in [1.29, 1.82) is 0 Å². The van der Waals surface area contributed by atoms with Crippen LogP contribution in [0, 0.1) is 12.7 Å². The molecule has 0 spiro atoms. The summed E-state index contributed by atoms with van der Waals surface area (Å²) in [4.78, 5) is 44.0. The minimum Gasteiger partial charge on any atom is -0.392 e. The predicted octanol–water partition coefficient (Wildman–Crippen LogP) is 3.33. The standard InChI is InChI=1S/C26H26FN5O4/c1-13-18(11-29-24(35)22(13)31-14(2)34)17-6-7-28-23(19(17)12-33)32-25(36)21-15(10-30-32)8-16(9-20(21)27)26(3,4)5/h6-11,33H,12H2,1-5H3,(H,29,35)(H,31,34). The minimum absolute atomic E-state index is 0.0212. The van der Waals surface area contributed by atoms with Crippen molar-refractivity contribution in [3.8, 4) is 16.9 Å². The molecule has 3 N–H and O–H groups in total. The Labute approximate surface area is 205 Å². The van der Waals surface area contributed by atoms with Crippen molar-refractivity contribution in [1.82, 2.24) is 19.7 Å². The van der Waals surface area contributed by atoms with Crippen molar-refractivity contribution in [3.63, 3.8) is 0 Å². The Morgan fingerprint density at radius 3 is 2.58 bits per heavy atom. The second kappa shape index (κ2) is 9.12. The van der Waals surface area contributed by atoms with Gasteiger partial charge in [0.2, 0.25) is 5.91 Å². The Balaban J connectivity index is 1.95. The largest absolute Gasteiger partial charge is 0.392 e. The first kappa shape index (κ1) is 24.9. The molecule has 4 rings (SSSR count). The third-order valence-corrected chi connectivity index (χ3v) is 6.04. The molecule has 0 aliphatic rings. The maximum absolute atomic E-state index is 15.1. The van der Waals surface area contributed by atoms with E-state index in [1.165, 1.54) is 31.6 Å². The number of carbonyl (C=O) groups excluding carboxylic acids is 1. The Morgan fingerprint density at radius 2 is 1.94 bits per heavy atom. The number of nitrogens with zero attached hydrogens (tertiary/aromatic N) is 3. The van der Waals surface area contributed by atoms with Gasteiger partial charge in [-0.25, -0.2) is 9.37 Å². The lowest BCUT2D eigenvalue weighted by Gasteiger charge is -2.20. The zero-order valence-corrected chi connectivity index (χ0v) is 20.6. The molecular formula is C26H26FN5O4. The molecule has 1 aromatic carbocycles. The Kier molecular flexibility index (Phi) is 6.32. The van der Waals surface area contributed by atoms with Crippen molar-refractivity contribution < 1.29 is 14.3 Å². The molecule has 0 bridgehead atoms. The van der Waals surface area contributed by atoms with Gasteiger partial charge in [0.1, 0.15) is 11.5 Å². The highest BCUT2D eigenvalue weighted by molar-refractivity contribution is 5.91. The molecule has 186 valence electrons. The summed E-state index contributed by atoms with van der Waals surface area (Å²) in [5.41, 5.74) is 0.925. The van der Waals surface area contributed by atoms with E-state index >= 15 is 4.39 Å². The first-order chi connectivity index (χ1) is 16.9. The van der Waals surface area contributed by atoms with E-state index in [1.54, 1.807) is 19.1 Å². The van der Waals surface area contributed by atoms with Crippen LogP contribution in [-0.2, 0) is 16.8 Å². The van der Waals surface area contributed by atoms with Crippen molar-refractivity contribution in [2.45, 2.75) is 46.6 Å². The minimum atomic E-state index is -0.720. The van der Waals surface area contributed by atoms with Gasteiger partial charge < -0.3 is 15.4 Å². The predicted molar refractivity (Wildman–Crippen MR) is 135 cm³/mol. The number of hydrogen-bond donors (Lipinski definition) is 3. The van der Waals surface area contributed by atoms with E-state index in [4.69, 9.17) is 0 Å². The summed E-state index contributed by atoms with van der Waals surface area (Å²) >= 11 is 0. The fraction of sp³-hybridized carbons (Fsp3) is 0.269. The number of H-pyrrole nitrogens is 1. The molecule has 3 aromatic heterocycles. The average Bonchev–Trinajstić information content (AvgIpc) is 2.80. The number of carbonyl (C=O) groups is 1. The fourth-order valence-electron chi connectivity index (χ4n) is 4.12. The van der Waals surface area contributed by atoms with Crippen molar-refractivity contribution in [2.75, 3.05) is 5.32 Å². The summed E-state index contributed by atoms with van der Waals surface area (Å²) in [6, 6.07) is 4.69. The fourth-order valence-corrected chi connectivity index (χ4v) is 4.12. The zero-order chi connectivity index (χ0) is 26.4. The van der Waals surface area contributed by atoms with Gasteiger partial charge in [0.05, 0.1) is 18.2 Å². The van der Waals surface area contributed by atoms with Crippen molar-refractivity contribution in [2.24, 2.45) is 0 Å². The lowest BCUT2D eigenvalue weighted by Crippen LogP contribution is -2.25. The lowest BCUT2D eigenvalue weighted by molar-refractivity contribution is -0.114. The van der Waals surface area contributed by atoms with E-state index < -0.39 is 29.4 Å². The molecule has 3 heterocycles. The number of rotatable bonds is 4. The van der Waals surface area contributed by atoms with E-state index in [-0.39, 0.29) is 27.9 Å². The van der Waals surface area contributed by atoms with Crippen LogP contribution < -0.4 is 16.4 Å². The van der Waals surface area contributed by atoms with Gasteiger partial charge in [-0.2, -0.15) is 9.78 Å². The van der Waals surface area contributed by atoms with Crippen LogP contribution >= 0.6 is 0 Å². The van der Waals surface area contributed by atoms with Gasteiger partial charge in [0.15, 0.2) is 5.82 Å². The second-order valence-corrected chi connectivity index (χ2v) is 9.57. The molecule has 1 amide bonds. The summed E-state index contributed by atoms with van der Waals surface area (Å²) < 4.78 is 16.1. The number of hydrogen-bond acceptors (Lipinski definition) is 6. The molecule has 10 heteroatoms. The number of aromatic amines is 1. The summed E-state index contributed by atoms with van der Waals surface area (Å²) in [6.07, 6.45) is 4.26. The van der Waals surface area contributed by atoms with Crippen LogP contribution in [0.15, 0.2) is 46.4 Å². The first-order valence-corrected chi connectivity index (χ1v) is 11.3. The summed E-state index contributed by atoms with van der Waals surface area (Å²) in [5.74, 6) is -1.06. The van der Waals surface area contributed by atoms with E-state index in [9.17, 15) is 19.5 Å². The molecule has 4 aromatic rings. The average molecular weight is 492 g/mol. The van der Waals surface area contributed by atoms with Crippen molar-refractivity contribution in [3.05, 3.63) is 80.0 Å². The molecule has 0 radical (unpaired) electrons. The molecular weight excluding hydrogens is 465 g/mol. The van der Waals surface area contributed by atoms with Gasteiger partial charge in [-0.1, -0.05) is 20.8 Å². The summed E-state index contributed by atoms with van der Waals surface area (Å²) in [5, 5.41) is 17.2. The van der Waals surface area contributed by atoms with Gasteiger partial charge >= 0.3 is 0 Å². The quantitative estimate of drug-likeness (QED) is 0.402. The number of aliphatic hydroxyl groups excluding tert-OH is 1. The van der Waals surface area contributed by atoms with Gasteiger partial charge in [-0.3, -0.25) is 14.4 Å². The van der Waals surface area contributed by atoms with Gasteiger partial charge in [-0.15, -0.1) is 0 Å². The number of benzene rings is 1. The number of fused-ring (bicyclic) bond motifs is 1. The Morgan fingerprint density at radius 1 is 1.22 bits per heavy atom. The van der Waals surface area contributed by atoms with Crippen LogP contribution in [0.25, 0.3) is 27.7 Å². The SMILES string of the molecule is CC(=O)Nc1c(C)c(-c2ccnc(-n3ncc4cc(C(C)(C)C)cc(F)c4c3=O)c2CO)c[nH]c1=O. The van der Waals surface area contributed by atoms with E-state index in [0.29, 0.717) is 22.1 Å². The molecule has 36 heavy (non-hydrogen) atoms. The third kappa shape index (κ3) is 4.31. The number of anilines is 1. The lowest BCUT2D eigenvalue weighted by atomic mass is 9.86. The normalized spacial score (nSPS) is 11.6. The number of nitrogens with one attached hydrogen (secondary N) is 2. The molecule has 0 saturated heterocycles. The highest BCUT2D eigenvalue weighted by atomic mass is 19.1. The third-order valence-electron chi connectivity index (χ3n) is 6.04. The van der Waals surface area contributed by atoms with E-state index in [0.717, 1.165) is 10.2 Å². The highest BCUT2D eigenvalue weighted by Crippen LogP contribution is 2.31. The molecule has 0 aliphatic heterocycles. The molecule has 9 nitrogen and oxygen atoms in total. The monoisotopic (exact) mass is 491 g/mol. The Bertz CT molecular complexity index is 1630. The topological polar surface area (TPSA) is 130 Å². The first-order valence-electron chi connectivity index (χ1n) is 11.3. The number of halogens is 1. The number of pyridine rings is 2. The highest BCUT2D eigenvalue weighted by Gasteiger charge is 2.22. The molecule has 0 atom stereocenters. The number of amides is 1. The van der Waals surface area contributed by atoms with Gasteiger partial charge in [0.25, 0.3) is 11.1 Å². The van der Waals surface area contributed by atoms with Crippen LogP contribution in [0.5, 0.6) is 0 Å². The number of aliphatic hydroxyl groups is 1. The zero-order valence-electron chi connectivity index (χ0n) is 20.6. The van der Waals surface area contributed by atoms with Crippen molar-refractivity contribution >= 4 is 22.4 Å². The van der Waals surface area contributed by atoms with E-state index in [1.807, 2.05) is 20.8 Å². The number of aromatic nitrogens is 4. The van der Waals surface area contributed by atoms with Crippen LogP contribution in [-0.4, -0.2) is 30.8 Å². The van der Waals surface area contributed by atoms with E-state index in [2.05, 4.69) is 20.4 Å². The van der Waals surface area contributed by atoms with Crippen LogP contribution in [0.3, 0.4) is 0 Å². The molecule has 0 fully saturated rings. The Hall–Kier alpha value is -4.18. The maximum Gasteiger partial charge on any atom is 0.283 e. The smallest absolute Gasteiger partial charge is 0.283 e. The van der Waals surface area contributed by atoms with Gasteiger partial charge in [-0.05, 0) is 47.2 Å². The second-order valence-electron chi connectivity index (χ2n) is 9.57. The molecule has 0 unspecified atom stereocenters. The molecule has 0 saturated carbocycles. The summed E-state index contributed by atoms with van der Waals surface area (Å²) in [7, 11) is 0. The maximum atomic E-state index is 15.1. The van der Waals surface area contributed by atoms with Crippen LogP contribution in [0.1, 0.15) is 44.4 Å². The molecule has 0 aliphatic carbocycles. The van der Waals surface area contributed by atoms with Crippen LogP contribution in [0.2, 0.25) is 0 Å². The van der Waals surface area contributed by atoms with Gasteiger partial charge in [0, 0.05) is 35.8 Å².